The molecule has 7 heteroatoms. The van der Waals surface area contributed by atoms with E-state index in [-0.39, 0.29) is 15.7 Å². The maximum absolute atomic E-state index is 12.7. The van der Waals surface area contributed by atoms with Gasteiger partial charge >= 0.3 is 6.18 Å². The van der Waals surface area contributed by atoms with Crippen molar-refractivity contribution in [2.24, 2.45) is 0 Å². The van der Waals surface area contributed by atoms with Gasteiger partial charge in [-0.3, -0.25) is 4.98 Å². The molecule has 0 aromatic carbocycles. The normalized spacial score (nSPS) is 11.8. The minimum absolute atomic E-state index is 0.0485. The van der Waals surface area contributed by atoms with E-state index < -0.39 is 11.7 Å². The topological polar surface area (TPSA) is 25.8 Å². The lowest BCUT2D eigenvalue weighted by Crippen LogP contribution is -2.08. The molecule has 0 amide bonds. The van der Waals surface area contributed by atoms with Gasteiger partial charge in [-0.15, -0.1) is 11.3 Å². The predicted octanol–water partition coefficient (Wildman–Crippen LogP) is 3.88. The Balaban J connectivity index is 2.62. The Morgan fingerprint density at radius 3 is 2.56 bits per heavy atom. The molecule has 0 saturated carbocycles. The second-order valence-corrected chi connectivity index (χ2v) is 4.22. The van der Waals surface area contributed by atoms with Crippen LogP contribution >= 0.6 is 22.9 Å². The standard InChI is InChI=1S/C9H4ClF3N2S/c10-5-3-6(9(11,12)13)7(15-4-5)8-14-1-2-16-8/h1-4H. The fourth-order valence-electron chi connectivity index (χ4n) is 1.17. The van der Waals surface area contributed by atoms with Gasteiger partial charge < -0.3 is 0 Å². The summed E-state index contributed by atoms with van der Waals surface area (Å²) in [6.07, 6.45) is -1.89. The van der Waals surface area contributed by atoms with Crippen LogP contribution in [0.2, 0.25) is 5.02 Å². The van der Waals surface area contributed by atoms with Crippen LogP contribution in [0.5, 0.6) is 0 Å². The molecule has 0 bridgehead atoms. The maximum atomic E-state index is 12.7. The Hall–Kier alpha value is -1.14. The van der Waals surface area contributed by atoms with Crippen molar-refractivity contribution >= 4 is 22.9 Å². The lowest BCUT2D eigenvalue weighted by Gasteiger charge is -2.10. The first kappa shape index (κ1) is 11.3. The Bertz CT molecular complexity index is 496. The van der Waals surface area contributed by atoms with Crippen LogP contribution in [0.4, 0.5) is 13.2 Å². The lowest BCUT2D eigenvalue weighted by molar-refractivity contribution is -0.137. The molecule has 0 spiro atoms. The van der Waals surface area contributed by atoms with Gasteiger partial charge in [0.25, 0.3) is 0 Å². The first-order chi connectivity index (χ1) is 7.48. The molecule has 2 heterocycles. The number of hydrogen-bond donors (Lipinski definition) is 0. The van der Waals surface area contributed by atoms with Gasteiger partial charge in [-0.05, 0) is 6.07 Å². The molecule has 0 fully saturated rings. The Kier molecular flexibility index (Phi) is 2.86. The van der Waals surface area contributed by atoms with Crippen LogP contribution in [0.25, 0.3) is 10.7 Å². The van der Waals surface area contributed by atoms with E-state index in [1.54, 1.807) is 5.38 Å². The highest BCUT2D eigenvalue weighted by atomic mass is 35.5. The third-order valence-electron chi connectivity index (χ3n) is 1.79. The number of hydrogen-bond acceptors (Lipinski definition) is 3. The van der Waals surface area contributed by atoms with Crippen molar-refractivity contribution in [1.29, 1.82) is 0 Å². The lowest BCUT2D eigenvalue weighted by atomic mass is 10.2. The molecule has 2 aromatic heterocycles. The Morgan fingerprint density at radius 1 is 1.25 bits per heavy atom. The smallest absolute Gasteiger partial charge is 0.252 e. The van der Waals surface area contributed by atoms with Crippen LogP contribution in [-0.4, -0.2) is 9.97 Å². The second-order valence-electron chi connectivity index (χ2n) is 2.88. The summed E-state index contributed by atoms with van der Waals surface area (Å²) in [6.45, 7) is 0. The summed E-state index contributed by atoms with van der Waals surface area (Å²) in [5.74, 6) is 0. The molecule has 0 aliphatic heterocycles. The van der Waals surface area contributed by atoms with Gasteiger partial charge in [-0.2, -0.15) is 13.2 Å². The minimum Gasteiger partial charge on any atom is -0.252 e. The van der Waals surface area contributed by atoms with Crippen LogP contribution in [0.3, 0.4) is 0 Å². The predicted molar refractivity (Wildman–Crippen MR) is 55.4 cm³/mol. The fraction of sp³-hybridized carbons (Fsp3) is 0.111. The summed E-state index contributed by atoms with van der Waals surface area (Å²) in [7, 11) is 0. The third-order valence-corrected chi connectivity index (χ3v) is 2.78. The van der Waals surface area contributed by atoms with E-state index in [1.807, 2.05) is 0 Å². The zero-order chi connectivity index (χ0) is 11.8. The maximum Gasteiger partial charge on any atom is 0.418 e. The number of nitrogens with zero attached hydrogens (tertiary/aromatic N) is 2. The molecular weight excluding hydrogens is 261 g/mol. The van der Waals surface area contributed by atoms with Gasteiger partial charge in [0.1, 0.15) is 10.7 Å². The highest BCUT2D eigenvalue weighted by Gasteiger charge is 2.35. The number of halogens is 4. The molecule has 0 atom stereocenters. The molecule has 0 aliphatic rings. The van der Waals surface area contributed by atoms with Gasteiger partial charge in [0.2, 0.25) is 0 Å². The van der Waals surface area contributed by atoms with Crippen molar-refractivity contribution < 1.29 is 13.2 Å². The molecular formula is C9H4ClF3N2S. The SMILES string of the molecule is FC(F)(F)c1cc(Cl)cnc1-c1nccs1. The van der Waals surface area contributed by atoms with Gasteiger partial charge in [-0.1, -0.05) is 11.6 Å². The summed E-state index contributed by atoms with van der Waals surface area (Å²) in [5, 5.41) is 1.77. The van der Waals surface area contributed by atoms with Gasteiger partial charge in [0, 0.05) is 17.8 Å². The molecule has 0 aliphatic carbocycles. The minimum atomic E-state index is -4.49. The summed E-state index contributed by atoms with van der Waals surface area (Å²) < 4.78 is 38.1. The zero-order valence-electron chi connectivity index (χ0n) is 7.62. The first-order valence-corrected chi connectivity index (χ1v) is 5.37. The number of alkyl halides is 3. The van der Waals surface area contributed by atoms with Crippen molar-refractivity contribution in [3.63, 3.8) is 0 Å². The summed E-state index contributed by atoms with van der Waals surface area (Å²) in [4.78, 5) is 7.49. The van der Waals surface area contributed by atoms with E-state index in [0.717, 1.165) is 17.4 Å². The van der Waals surface area contributed by atoms with Crippen LogP contribution in [0, 0.1) is 0 Å². The van der Waals surface area contributed by atoms with Gasteiger partial charge in [-0.25, -0.2) is 4.98 Å². The van der Waals surface area contributed by atoms with E-state index in [4.69, 9.17) is 11.6 Å². The van der Waals surface area contributed by atoms with E-state index in [1.165, 1.54) is 12.4 Å². The number of thiazole rings is 1. The molecule has 84 valence electrons. The Morgan fingerprint density at radius 2 is 2.00 bits per heavy atom. The molecule has 16 heavy (non-hydrogen) atoms. The van der Waals surface area contributed by atoms with Crippen molar-refractivity contribution in [3.05, 3.63) is 34.4 Å². The number of aromatic nitrogens is 2. The van der Waals surface area contributed by atoms with Crippen molar-refractivity contribution in [2.45, 2.75) is 6.18 Å². The molecule has 0 radical (unpaired) electrons. The van der Waals surface area contributed by atoms with Gasteiger partial charge in [0.15, 0.2) is 0 Å². The van der Waals surface area contributed by atoms with E-state index in [2.05, 4.69) is 9.97 Å². The molecule has 0 saturated heterocycles. The summed E-state index contributed by atoms with van der Waals surface area (Å²) >= 11 is 6.60. The molecule has 2 nitrogen and oxygen atoms in total. The highest BCUT2D eigenvalue weighted by Crippen LogP contribution is 2.37. The zero-order valence-corrected chi connectivity index (χ0v) is 9.20. The van der Waals surface area contributed by atoms with Crippen molar-refractivity contribution in [3.8, 4) is 10.7 Å². The quantitative estimate of drug-likeness (QED) is 0.781. The van der Waals surface area contributed by atoms with Crippen molar-refractivity contribution in [1.82, 2.24) is 9.97 Å². The Labute approximate surface area is 97.7 Å². The summed E-state index contributed by atoms with van der Waals surface area (Å²) in [6, 6.07) is 0.852. The van der Waals surface area contributed by atoms with E-state index >= 15 is 0 Å². The number of pyridine rings is 1. The van der Waals surface area contributed by atoms with Crippen LogP contribution < -0.4 is 0 Å². The average Bonchev–Trinajstić information content (AvgIpc) is 2.69. The van der Waals surface area contributed by atoms with Gasteiger partial charge in [0.05, 0.1) is 10.6 Å². The highest BCUT2D eigenvalue weighted by molar-refractivity contribution is 7.13. The molecule has 2 rings (SSSR count). The molecule has 0 unspecified atom stereocenters. The molecule has 2 aromatic rings. The first-order valence-electron chi connectivity index (χ1n) is 4.11. The van der Waals surface area contributed by atoms with E-state index in [0.29, 0.717) is 0 Å². The number of rotatable bonds is 1. The van der Waals surface area contributed by atoms with Crippen LogP contribution in [-0.2, 0) is 6.18 Å². The summed E-state index contributed by atoms with van der Waals surface area (Å²) in [5.41, 5.74) is -1.05. The fourth-order valence-corrected chi connectivity index (χ4v) is 1.97. The van der Waals surface area contributed by atoms with Crippen molar-refractivity contribution in [2.75, 3.05) is 0 Å². The van der Waals surface area contributed by atoms with Crippen LogP contribution in [0.1, 0.15) is 5.56 Å². The average molecular weight is 265 g/mol. The second kappa shape index (κ2) is 4.03. The van der Waals surface area contributed by atoms with E-state index in [9.17, 15) is 13.2 Å². The third kappa shape index (κ3) is 2.17. The molecule has 0 N–H and O–H groups in total. The van der Waals surface area contributed by atoms with Crippen LogP contribution in [0.15, 0.2) is 23.8 Å². The monoisotopic (exact) mass is 264 g/mol. The largest absolute Gasteiger partial charge is 0.418 e.